The van der Waals surface area contributed by atoms with Crippen molar-refractivity contribution < 1.29 is 14.3 Å². The first-order valence-electron chi connectivity index (χ1n) is 11.8. The van der Waals surface area contributed by atoms with Crippen LogP contribution in [0, 0.1) is 16.7 Å². The zero-order chi connectivity index (χ0) is 26.9. The fraction of sp³-hybridized carbons (Fsp3) is 0.357. The van der Waals surface area contributed by atoms with Gasteiger partial charge in [-0.25, -0.2) is 0 Å². The van der Waals surface area contributed by atoms with Gasteiger partial charge in [-0.1, -0.05) is 60.8 Å². The Morgan fingerprint density at radius 2 is 1.78 bits per heavy atom. The summed E-state index contributed by atoms with van der Waals surface area (Å²) in [6.45, 7) is 5.18. The number of allylic oxidation sites excluding steroid dienone is 3. The highest BCUT2D eigenvalue weighted by atomic mass is 35.5. The molecule has 0 saturated heterocycles. The molecular formula is C28H28Cl3N3O3. The Morgan fingerprint density at radius 3 is 2.38 bits per heavy atom. The van der Waals surface area contributed by atoms with Crippen LogP contribution >= 0.6 is 34.8 Å². The molecule has 0 radical (unpaired) electrons. The van der Waals surface area contributed by atoms with Crippen LogP contribution in [0.2, 0.25) is 15.1 Å². The standard InChI is InChI=1S/C28H28Cl3N3O3/c1-28(2)12-22-25(23(35)13-28)24(19(14-32)27(33)34(22)8-9-36-3)17-10-20(30)26(21(31)11-17)37-15-16-4-6-18(29)7-5-16/h4-7,10-11,24H,8-9,12-13,15,33H2,1-3H3/t24-/m0/s1. The molecule has 0 bridgehead atoms. The van der Waals surface area contributed by atoms with E-state index in [9.17, 15) is 10.1 Å². The van der Waals surface area contributed by atoms with Gasteiger partial charge < -0.3 is 20.1 Å². The Balaban J connectivity index is 1.76. The van der Waals surface area contributed by atoms with Gasteiger partial charge in [-0.3, -0.25) is 4.79 Å². The van der Waals surface area contributed by atoms with Crippen molar-refractivity contribution in [2.24, 2.45) is 11.1 Å². The van der Waals surface area contributed by atoms with Crippen molar-refractivity contribution in [3.8, 4) is 11.8 Å². The Bertz CT molecular complexity index is 1300. The number of halogens is 3. The number of rotatable bonds is 7. The number of ketones is 1. The normalized spacial score (nSPS) is 19.1. The summed E-state index contributed by atoms with van der Waals surface area (Å²) >= 11 is 19.2. The lowest BCUT2D eigenvalue weighted by Crippen LogP contribution is -2.43. The third-order valence-electron chi connectivity index (χ3n) is 6.66. The van der Waals surface area contributed by atoms with E-state index in [1.807, 2.05) is 17.0 Å². The molecule has 0 unspecified atom stereocenters. The van der Waals surface area contributed by atoms with E-state index in [-0.39, 0.29) is 33.4 Å². The van der Waals surface area contributed by atoms with Crippen molar-refractivity contribution in [3.63, 3.8) is 0 Å². The predicted molar refractivity (Wildman–Crippen MR) is 145 cm³/mol. The Hall–Kier alpha value is -2.69. The molecule has 0 fully saturated rings. The first kappa shape index (κ1) is 27.3. The number of nitrogens with two attached hydrogens (primary N) is 1. The van der Waals surface area contributed by atoms with Gasteiger partial charge in [-0.15, -0.1) is 0 Å². The number of nitrogens with zero attached hydrogens (tertiary/aromatic N) is 2. The Morgan fingerprint density at radius 1 is 1.14 bits per heavy atom. The van der Waals surface area contributed by atoms with Crippen LogP contribution in [0.5, 0.6) is 5.75 Å². The van der Waals surface area contributed by atoms with Crippen molar-refractivity contribution in [3.05, 3.63) is 85.3 Å². The summed E-state index contributed by atoms with van der Waals surface area (Å²) in [6, 6.07) is 12.9. The summed E-state index contributed by atoms with van der Waals surface area (Å²) in [5, 5.41) is 11.3. The second-order valence-electron chi connectivity index (χ2n) is 10.0. The van der Waals surface area contributed by atoms with Crippen LogP contribution in [0.15, 0.2) is 59.1 Å². The molecule has 4 rings (SSSR count). The fourth-order valence-electron chi connectivity index (χ4n) is 4.97. The van der Waals surface area contributed by atoms with Gasteiger partial charge in [0.25, 0.3) is 0 Å². The summed E-state index contributed by atoms with van der Waals surface area (Å²) in [5.74, 6) is -0.0682. The van der Waals surface area contributed by atoms with Crippen molar-refractivity contribution >= 4 is 40.6 Å². The van der Waals surface area contributed by atoms with Crippen LogP contribution in [0.25, 0.3) is 0 Å². The van der Waals surface area contributed by atoms with Gasteiger partial charge in [0.1, 0.15) is 12.4 Å². The number of hydrogen-bond donors (Lipinski definition) is 1. The zero-order valence-corrected chi connectivity index (χ0v) is 23.2. The molecule has 1 atom stereocenters. The SMILES string of the molecule is COCCN1C(N)=C(C#N)[C@H](c2cc(Cl)c(OCc3ccc(Cl)cc3)c(Cl)c2)C2=C1CC(C)(C)CC2=O. The number of benzene rings is 2. The maximum atomic E-state index is 13.5. The quantitative estimate of drug-likeness (QED) is 0.410. The number of methoxy groups -OCH3 is 1. The summed E-state index contributed by atoms with van der Waals surface area (Å²) in [5.41, 5.74) is 9.48. The van der Waals surface area contributed by atoms with Gasteiger partial charge >= 0.3 is 0 Å². The lowest BCUT2D eigenvalue weighted by Gasteiger charge is -2.43. The second kappa shape index (κ2) is 11.0. The molecule has 2 aromatic carbocycles. The molecule has 2 aliphatic rings. The van der Waals surface area contributed by atoms with E-state index in [1.54, 1.807) is 31.4 Å². The van der Waals surface area contributed by atoms with Gasteiger partial charge in [-0.2, -0.15) is 5.26 Å². The van der Waals surface area contributed by atoms with Crippen LogP contribution in [-0.4, -0.2) is 30.9 Å². The minimum absolute atomic E-state index is 0.0192. The van der Waals surface area contributed by atoms with E-state index in [2.05, 4.69) is 19.9 Å². The smallest absolute Gasteiger partial charge is 0.162 e. The molecule has 1 heterocycles. The fourth-order valence-corrected chi connectivity index (χ4v) is 5.71. The maximum absolute atomic E-state index is 13.5. The average Bonchev–Trinajstić information content (AvgIpc) is 2.82. The number of carbonyl (C=O) groups is 1. The predicted octanol–water partition coefficient (Wildman–Crippen LogP) is 6.61. The molecule has 2 N–H and O–H groups in total. The lowest BCUT2D eigenvalue weighted by atomic mass is 9.68. The molecule has 1 aliphatic carbocycles. The third-order valence-corrected chi connectivity index (χ3v) is 7.47. The number of hydrogen-bond acceptors (Lipinski definition) is 6. The lowest BCUT2D eigenvalue weighted by molar-refractivity contribution is -0.118. The largest absolute Gasteiger partial charge is 0.486 e. The Labute approximate surface area is 232 Å². The summed E-state index contributed by atoms with van der Waals surface area (Å²) in [4.78, 5) is 15.4. The van der Waals surface area contributed by atoms with Crippen molar-refractivity contribution in [2.75, 3.05) is 20.3 Å². The molecule has 0 amide bonds. The van der Waals surface area contributed by atoms with Crippen LogP contribution in [0.3, 0.4) is 0 Å². The molecule has 1 aliphatic heterocycles. The van der Waals surface area contributed by atoms with Gasteiger partial charge in [0.15, 0.2) is 11.5 Å². The minimum Gasteiger partial charge on any atom is -0.486 e. The van der Waals surface area contributed by atoms with Crippen LogP contribution in [0.1, 0.15) is 43.7 Å². The van der Waals surface area contributed by atoms with Crippen LogP contribution in [-0.2, 0) is 16.1 Å². The van der Waals surface area contributed by atoms with Crippen molar-refractivity contribution in [1.82, 2.24) is 4.90 Å². The number of nitriles is 1. The van der Waals surface area contributed by atoms with Crippen molar-refractivity contribution in [1.29, 1.82) is 5.26 Å². The minimum atomic E-state index is -0.678. The van der Waals surface area contributed by atoms with E-state index < -0.39 is 5.92 Å². The molecule has 9 heteroatoms. The summed E-state index contributed by atoms with van der Waals surface area (Å²) in [7, 11) is 1.60. The molecule has 0 spiro atoms. The monoisotopic (exact) mass is 559 g/mol. The highest BCUT2D eigenvalue weighted by Gasteiger charge is 2.44. The van der Waals surface area contributed by atoms with Crippen LogP contribution < -0.4 is 10.5 Å². The molecule has 194 valence electrons. The third kappa shape index (κ3) is 5.61. The van der Waals surface area contributed by atoms with Crippen LogP contribution in [0.4, 0.5) is 0 Å². The highest BCUT2D eigenvalue weighted by molar-refractivity contribution is 6.37. The van der Waals surface area contributed by atoms with Gasteiger partial charge in [-0.05, 0) is 47.2 Å². The zero-order valence-electron chi connectivity index (χ0n) is 20.9. The van der Waals surface area contributed by atoms with E-state index in [0.717, 1.165) is 11.3 Å². The van der Waals surface area contributed by atoms with E-state index >= 15 is 0 Å². The molecule has 0 aromatic heterocycles. The molecule has 37 heavy (non-hydrogen) atoms. The van der Waals surface area contributed by atoms with Gasteiger partial charge in [0.2, 0.25) is 0 Å². The highest BCUT2D eigenvalue weighted by Crippen LogP contribution is 2.50. The average molecular weight is 561 g/mol. The maximum Gasteiger partial charge on any atom is 0.162 e. The summed E-state index contributed by atoms with van der Waals surface area (Å²) in [6.07, 6.45) is 1.00. The van der Waals surface area contributed by atoms with Gasteiger partial charge in [0, 0.05) is 36.4 Å². The summed E-state index contributed by atoms with van der Waals surface area (Å²) < 4.78 is 11.2. The van der Waals surface area contributed by atoms with E-state index in [0.29, 0.717) is 53.7 Å². The van der Waals surface area contributed by atoms with Crippen molar-refractivity contribution in [2.45, 2.75) is 39.2 Å². The Kier molecular flexibility index (Phi) is 8.11. The number of ether oxygens (including phenoxy) is 2. The molecule has 2 aromatic rings. The first-order chi connectivity index (χ1) is 17.6. The van der Waals surface area contributed by atoms with E-state index in [4.69, 9.17) is 50.0 Å². The molecular weight excluding hydrogens is 533 g/mol. The molecule has 0 saturated carbocycles. The number of Topliss-reactive ketones (excluding diaryl/α,β-unsaturated/α-hetero) is 1. The topological polar surface area (TPSA) is 88.6 Å². The number of carbonyl (C=O) groups excluding carboxylic acids is 1. The second-order valence-corrected chi connectivity index (χ2v) is 11.3. The molecule has 6 nitrogen and oxygen atoms in total. The van der Waals surface area contributed by atoms with Gasteiger partial charge in [0.05, 0.1) is 34.2 Å². The first-order valence-corrected chi connectivity index (χ1v) is 13.0. The van der Waals surface area contributed by atoms with E-state index in [1.165, 1.54) is 0 Å².